The molecule has 1 N–H and O–H groups in total. The molecule has 94 valence electrons. The maximum atomic E-state index is 12.2. The molecule has 2 aliphatic heterocycles. The first-order valence-corrected chi connectivity index (χ1v) is 5.44. The molecule has 0 aromatic heterocycles. The minimum absolute atomic E-state index is 0. The summed E-state index contributed by atoms with van der Waals surface area (Å²) in [7, 11) is 0. The molecule has 0 bridgehead atoms. The lowest BCUT2D eigenvalue weighted by atomic mass is 10.0. The zero-order chi connectivity index (χ0) is 10.7. The van der Waals surface area contributed by atoms with Crippen LogP contribution in [-0.2, 0) is 14.3 Å². The van der Waals surface area contributed by atoms with E-state index in [1.807, 2.05) is 11.8 Å². The molecular weight excluding hydrogens is 232 g/mol. The van der Waals surface area contributed by atoms with Crippen LogP contribution in [0.2, 0.25) is 0 Å². The number of hydrogen-bond donors (Lipinski definition) is 1. The molecule has 0 saturated carbocycles. The highest BCUT2D eigenvalue weighted by molar-refractivity contribution is 5.85. The molecule has 5 nitrogen and oxygen atoms in total. The van der Waals surface area contributed by atoms with Gasteiger partial charge in [-0.2, -0.15) is 0 Å². The van der Waals surface area contributed by atoms with E-state index < -0.39 is 5.60 Å². The van der Waals surface area contributed by atoms with Gasteiger partial charge in [-0.25, -0.2) is 0 Å². The van der Waals surface area contributed by atoms with E-state index in [-0.39, 0.29) is 18.3 Å². The Morgan fingerprint density at radius 3 is 2.56 bits per heavy atom. The molecule has 0 aromatic carbocycles. The Labute approximate surface area is 102 Å². The predicted octanol–water partition coefficient (Wildman–Crippen LogP) is -0.354. The van der Waals surface area contributed by atoms with Crippen molar-refractivity contribution in [3.05, 3.63) is 0 Å². The number of halogens is 1. The maximum Gasteiger partial charge on any atom is 0.256 e. The first kappa shape index (κ1) is 13.7. The van der Waals surface area contributed by atoms with Gasteiger partial charge in [0.15, 0.2) is 5.60 Å². The molecule has 1 amide bonds. The van der Waals surface area contributed by atoms with Gasteiger partial charge in [-0.3, -0.25) is 4.79 Å². The molecule has 0 spiro atoms. The van der Waals surface area contributed by atoms with Crippen molar-refractivity contribution in [2.24, 2.45) is 0 Å². The van der Waals surface area contributed by atoms with E-state index in [2.05, 4.69) is 5.32 Å². The van der Waals surface area contributed by atoms with Crippen LogP contribution in [0.25, 0.3) is 0 Å². The van der Waals surface area contributed by atoms with Crippen molar-refractivity contribution in [2.75, 3.05) is 46.0 Å². The number of hydrogen-bond acceptors (Lipinski definition) is 4. The number of carbonyl (C=O) groups excluding carboxylic acids is 1. The Bertz CT molecular complexity index is 238. The molecule has 0 radical (unpaired) electrons. The van der Waals surface area contributed by atoms with Crippen LogP contribution < -0.4 is 5.32 Å². The first-order chi connectivity index (χ1) is 7.22. The average molecular weight is 251 g/mol. The van der Waals surface area contributed by atoms with Gasteiger partial charge in [0, 0.05) is 26.2 Å². The number of nitrogens with zero attached hydrogens (tertiary/aromatic N) is 1. The quantitative estimate of drug-likeness (QED) is 0.691. The monoisotopic (exact) mass is 250 g/mol. The van der Waals surface area contributed by atoms with Crippen molar-refractivity contribution in [1.82, 2.24) is 10.2 Å². The molecule has 2 aliphatic rings. The fourth-order valence-electron chi connectivity index (χ4n) is 1.96. The SMILES string of the molecule is CC1(C(=O)N2CCOCC2)CNCCO1.Cl. The van der Waals surface area contributed by atoms with Crippen LogP contribution in [0.15, 0.2) is 0 Å². The van der Waals surface area contributed by atoms with Crippen molar-refractivity contribution >= 4 is 18.3 Å². The Morgan fingerprint density at radius 1 is 1.31 bits per heavy atom. The van der Waals surface area contributed by atoms with E-state index in [4.69, 9.17) is 9.47 Å². The molecule has 0 aliphatic carbocycles. The van der Waals surface area contributed by atoms with Crippen molar-refractivity contribution in [2.45, 2.75) is 12.5 Å². The Balaban J connectivity index is 0.00000128. The number of nitrogens with one attached hydrogen (secondary N) is 1. The summed E-state index contributed by atoms with van der Waals surface area (Å²) in [6.45, 7) is 6.51. The third-order valence-electron chi connectivity index (χ3n) is 2.91. The third-order valence-corrected chi connectivity index (χ3v) is 2.91. The zero-order valence-electron chi connectivity index (χ0n) is 9.53. The van der Waals surface area contributed by atoms with Crippen LogP contribution in [0.1, 0.15) is 6.92 Å². The highest BCUT2D eigenvalue weighted by Gasteiger charge is 2.39. The third kappa shape index (κ3) is 2.85. The van der Waals surface area contributed by atoms with E-state index in [9.17, 15) is 4.79 Å². The number of rotatable bonds is 1. The van der Waals surface area contributed by atoms with Crippen molar-refractivity contribution < 1.29 is 14.3 Å². The number of amides is 1. The Hall–Kier alpha value is -0.360. The minimum Gasteiger partial charge on any atom is -0.378 e. The summed E-state index contributed by atoms with van der Waals surface area (Å²) in [6, 6.07) is 0. The lowest BCUT2D eigenvalue weighted by Crippen LogP contribution is -2.59. The molecule has 0 aromatic rings. The summed E-state index contributed by atoms with van der Waals surface area (Å²) in [5, 5.41) is 3.19. The summed E-state index contributed by atoms with van der Waals surface area (Å²) in [5.74, 6) is 0.0815. The van der Waals surface area contributed by atoms with Crippen LogP contribution in [0.3, 0.4) is 0 Å². The fourth-order valence-corrected chi connectivity index (χ4v) is 1.96. The van der Waals surface area contributed by atoms with Gasteiger partial charge >= 0.3 is 0 Å². The molecule has 2 rings (SSSR count). The van der Waals surface area contributed by atoms with Crippen LogP contribution in [0, 0.1) is 0 Å². The van der Waals surface area contributed by atoms with Crippen molar-refractivity contribution in [3.63, 3.8) is 0 Å². The normalized spacial score (nSPS) is 30.7. The molecule has 16 heavy (non-hydrogen) atoms. The van der Waals surface area contributed by atoms with Crippen molar-refractivity contribution in [3.8, 4) is 0 Å². The van der Waals surface area contributed by atoms with E-state index in [1.165, 1.54) is 0 Å². The van der Waals surface area contributed by atoms with Gasteiger partial charge in [0.25, 0.3) is 5.91 Å². The number of carbonyl (C=O) groups is 1. The topological polar surface area (TPSA) is 50.8 Å². The Kier molecular flexibility index (Phi) is 4.98. The summed E-state index contributed by atoms with van der Waals surface area (Å²) >= 11 is 0. The molecule has 6 heteroatoms. The summed E-state index contributed by atoms with van der Waals surface area (Å²) in [4.78, 5) is 14.0. The molecule has 2 heterocycles. The molecule has 2 fully saturated rings. The summed E-state index contributed by atoms with van der Waals surface area (Å²) < 4.78 is 10.8. The molecule has 1 atom stereocenters. The highest BCUT2D eigenvalue weighted by Crippen LogP contribution is 2.17. The zero-order valence-corrected chi connectivity index (χ0v) is 10.3. The first-order valence-electron chi connectivity index (χ1n) is 5.44. The fraction of sp³-hybridized carbons (Fsp3) is 0.900. The van der Waals surface area contributed by atoms with Crippen LogP contribution >= 0.6 is 12.4 Å². The average Bonchev–Trinajstić information content (AvgIpc) is 2.30. The van der Waals surface area contributed by atoms with Crippen LogP contribution in [-0.4, -0.2) is 62.4 Å². The van der Waals surface area contributed by atoms with Gasteiger partial charge < -0.3 is 19.7 Å². The second-order valence-corrected chi connectivity index (χ2v) is 4.16. The van der Waals surface area contributed by atoms with Crippen LogP contribution in [0.4, 0.5) is 0 Å². The molecule has 1 unspecified atom stereocenters. The second kappa shape index (κ2) is 5.82. The standard InChI is InChI=1S/C10H18N2O3.ClH/c1-10(8-11-2-5-15-10)9(13)12-3-6-14-7-4-12;/h11H,2-8H2,1H3;1H. The predicted molar refractivity (Wildman–Crippen MR) is 61.9 cm³/mol. The molecule has 2 saturated heterocycles. The number of ether oxygens (including phenoxy) is 2. The van der Waals surface area contributed by atoms with Gasteiger partial charge in [-0.05, 0) is 6.92 Å². The van der Waals surface area contributed by atoms with Crippen LogP contribution in [0.5, 0.6) is 0 Å². The summed E-state index contributed by atoms with van der Waals surface area (Å²) in [6.07, 6.45) is 0. The number of morpholine rings is 2. The lowest BCUT2D eigenvalue weighted by Gasteiger charge is -2.38. The minimum atomic E-state index is -0.685. The maximum absolute atomic E-state index is 12.2. The smallest absolute Gasteiger partial charge is 0.256 e. The lowest BCUT2D eigenvalue weighted by molar-refractivity contribution is -0.163. The van der Waals surface area contributed by atoms with Gasteiger partial charge in [0.2, 0.25) is 0 Å². The van der Waals surface area contributed by atoms with E-state index in [0.29, 0.717) is 39.5 Å². The van der Waals surface area contributed by atoms with E-state index in [1.54, 1.807) is 0 Å². The summed E-state index contributed by atoms with van der Waals surface area (Å²) in [5.41, 5.74) is -0.685. The van der Waals surface area contributed by atoms with E-state index in [0.717, 1.165) is 6.54 Å². The van der Waals surface area contributed by atoms with Gasteiger partial charge in [0.1, 0.15) is 0 Å². The molecular formula is C10H19ClN2O3. The van der Waals surface area contributed by atoms with Gasteiger partial charge in [-0.1, -0.05) is 0 Å². The highest BCUT2D eigenvalue weighted by atomic mass is 35.5. The van der Waals surface area contributed by atoms with Crippen molar-refractivity contribution in [1.29, 1.82) is 0 Å². The second-order valence-electron chi connectivity index (χ2n) is 4.16. The Morgan fingerprint density at radius 2 is 2.00 bits per heavy atom. The largest absolute Gasteiger partial charge is 0.378 e. The van der Waals surface area contributed by atoms with Gasteiger partial charge in [-0.15, -0.1) is 12.4 Å². The van der Waals surface area contributed by atoms with Gasteiger partial charge in [0.05, 0.1) is 19.8 Å². The van der Waals surface area contributed by atoms with E-state index >= 15 is 0 Å².